The third-order valence-corrected chi connectivity index (χ3v) is 4.12. The number of nitrogens with zero attached hydrogens (tertiary/aromatic N) is 2. The summed E-state index contributed by atoms with van der Waals surface area (Å²) in [6.07, 6.45) is 6.08. The van der Waals surface area contributed by atoms with Gasteiger partial charge in [-0.2, -0.15) is 5.10 Å². The number of hydrogen-bond donors (Lipinski definition) is 2. The third-order valence-electron chi connectivity index (χ3n) is 2.68. The lowest BCUT2D eigenvalue weighted by molar-refractivity contribution is 0.602. The molecule has 0 amide bonds. The molecule has 0 spiro atoms. The second-order valence-electron chi connectivity index (χ2n) is 3.95. The highest BCUT2D eigenvalue weighted by Crippen LogP contribution is 2.23. The van der Waals surface area contributed by atoms with Gasteiger partial charge in [0.1, 0.15) is 0 Å². The maximum atomic E-state index is 12.3. The molecule has 0 saturated heterocycles. The van der Waals surface area contributed by atoms with Gasteiger partial charge in [-0.3, -0.25) is 14.8 Å². The molecule has 0 radical (unpaired) electrons. The summed E-state index contributed by atoms with van der Waals surface area (Å²) < 4.78 is 27.1. The molecular weight excluding hydrogens is 264 g/mol. The summed E-state index contributed by atoms with van der Waals surface area (Å²) in [7, 11) is -3.65. The Morgan fingerprint density at radius 1 is 1.16 bits per heavy atom. The van der Waals surface area contributed by atoms with Crippen molar-refractivity contribution in [3.05, 3.63) is 49.1 Å². The molecule has 3 aromatic rings. The van der Waals surface area contributed by atoms with Crippen LogP contribution in [0.1, 0.15) is 0 Å². The molecule has 0 bridgehead atoms. The lowest BCUT2D eigenvalue weighted by Gasteiger charge is -2.08. The van der Waals surface area contributed by atoms with Crippen LogP contribution in [0.3, 0.4) is 0 Å². The normalized spacial score (nSPS) is 11.6. The van der Waals surface area contributed by atoms with Crippen molar-refractivity contribution in [2.24, 2.45) is 0 Å². The van der Waals surface area contributed by atoms with Crippen LogP contribution in [-0.2, 0) is 10.0 Å². The minimum Gasteiger partial charge on any atom is -0.284 e. The number of benzene rings is 1. The van der Waals surface area contributed by atoms with E-state index in [0.29, 0.717) is 11.1 Å². The van der Waals surface area contributed by atoms with Gasteiger partial charge in [0, 0.05) is 29.4 Å². The van der Waals surface area contributed by atoms with Crippen LogP contribution >= 0.6 is 0 Å². The highest BCUT2D eigenvalue weighted by atomic mass is 32.2. The molecule has 96 valence electrons. The lowest BCUT2D eigenvalue weighted by atomic mass is 10.2. The maximum Gasteiger partial charge on any atom is 0.262 e. The summed E-state index contributed by atoms with van der Waals surface area (Å²) in [4.78, 5) is 4.20. The van der Waals surface area contributed by atoms with Gasteiger partial charge < -0.3 is 0 Å². The van der Waals surface area contributed by atoms with Crippen molar-refractivity contribution < 1.29 is 8.42 Å². The molecule has 0 aliphatic heterocycles. The van der Waals surface area contributed by atoms with Gasteiger partial charge in [-0.25, -0.2) is 8.42 Å². The minimum atomic E-state index is -3.65. The molecule has 2 heterocycles. The van der Waals surface area contributed by atoms with E-state index in [0.717, 1.165) is 5.39 Å². The molecule has 0 atom stereocenters. The fourth-order valence-electron chi connectivity index (χ4n) is 1.84. The number of rotatable bonds is 3. The van der Waals surface area contributed by atoms with Crippen LogP contribution in [-0.4, -0.2) is 23.6 Å². The summed E-state index contributed by atoms with van der Waals surface area (Å²) in [5, 5.41) is 7.66. The third kappa shape index (κ3) is 2.15. The Hall–Kier alpha value is -2.41. The topological polar surface area (TPSA) is 87.7 Å². The second kappa shape index (κ2) is 4.36. The van der Waals surface area contributed by atoms with Crippen LogP contribution in [0, 0.1) is 0 Å². The first kappa shape index (κ1) is 11.7. The van der Waals surface area contributed by atoms with E-state index in [9.17, 15) is 8.42 Å². The predicted molar refractivity (Wildman–Crippen MR) is 71.1 cm³/mol. The molecule has 0 aliphatic carbocycles. The van der Waals surface area contributed by atoms with E-state index in [1.165, 1.54) is 12.4 Å². The van der Waals surface area contributed by atoms with Gasteiger partial charge in [0.2, 0.25) is 0 Å². The number of nitrogens with one attached hydrogen (secondary N) is 2. The Labute approximate surface area is 109 Å². The number of aromatic nitrogens is 3. The van der Waals surface area contributed by atoms with Gasteiger partial charge in [0.05, 0.1) is 16.8 Å². The quantitative estimate of drug-likeness (QED) is 0.761. The highest BCUT2D eigenvalue weighted by Gasteiger charge is 2.17. The number of hydrogen-bond acceptors (Lipinski definition) is 4. The molecule has 1 aromatic carbocycles. The monoisotopic (exact) mass is 274 g/mol. The van der Waals surface area contributed by atoms with Crippen molar-refractivity contribution in [3.63, 3.8) is 0 Å². The van der Waals surface area contributed by atoms with Crippen molar-refractivity contribution in [1.82, 2.24) is 15.2 Å². The fourth-order valence-corrected chi connectivity index (χ4v) is 3.11. The Morgan fingerprint density at radius 3 is 2.84 bits per heavy atom. The van der Waals surface area contributed by atoms with Crippen LogP contribution in [0.4, 0.5) is 5.69 Å². The maximum absolute atomic E-state index is 12.3. The number of anilines is 1. The number of pyridine rings is 1. The number of fused-ring (bicyclic) bond motifs is 1. The number of H-pyrrole nitrogens is 1. The molecule has 0 saturated carbocycles. The first-order valence-corrected chi connectivity index (χ1v) is 6.99. The molecule has 2 aromatic heterocycles. The highest BCUT2D eigenvalue weighted by molar-refractivity contribution is 7.93. The summed E-state index contributed by atoms with van der Waals surface area (Å²) in [6.45, 7) is 0. The van der Waals surface area contributed by atoms with Gasteiger partial charge in [0.15, 0.2) is 0 Å². The van der Waals surface area contributed by atoms with E-state index >= 15 is 0 Å². The SMILES string of the molecule is O=S(=O)(Nc1cn[nH]c1)c1cccc2cnccc12. The molecule has 0 aliphatic rings. The lowest BCUT2D eigenvalue weighted by Crippen LogP contribution is -2.12. The van der Waals surface area contributed by atoms with Crippen molar-refractivity contribution in [3.8, 4) is 0 Å². The Bertz CT molecular complexity index is 807. The smallest absolute Gasteiger partial charge is 0.262 e. The van der Waals surface area contributed by atoms with E-state index in [4.69, 9.17) is 0 Å². The average molecular weight is 274 g/mol. The van der Waals surface area contributed by atoms with Gasteiger partial charge in [-0.15, -0.1) is 0 Å². The zero-order valence-electron chi connectivity index (χ0n) is 9.74. The van der Waals surface area contributed by atoms with Crippen LogP contribution < -0.4 is 4.72 Å². The van der Waals surface area contributed by atoms with Crippen LogP contribution in [0.2, 0.25) is 0 Å². The van der Waals surface area contributed by atoms with Crippen LogP contribution in [0.5, 0.6) is 0 Å². The predicted octanol–water partition coefficient (Wildman–Crippen LogP) is 1.76. The Balaban J connectivity index is 2.13. The summed E-state index contributed by atoms with van der Waals surface area (Å²) in [6, 6.07) is 6.75. The zero-order valence-corrected chi connectivity index (χ0v) is 10.6. The first-order chi connectivity index (χ1) is 9.17. The van der Waals surface area contributed by atoms with E-state index in [2.05, 4.69) is 19.9 Å². The minimum absolute atomic E-state index is 0.216. The van der Waals surface area contributed by atoms with Gasteiger partial charge in [0.25, 0.3) is 10.0 Å². The van der Waals surface area contributed by atoms with E-state index < -0.39 is 10.0 Å². The van der Waals surface area contributed by atoms with Crippen molar-refractivity contribution in [2.75, 3.05) is 4.72 Å². The molecule has 0 unspecified atom stereocenters. The summed E-state index contributed by atoms with van der Waals surface area (Å²) in [5.74, 6) is 0. The van der Waals surface area contributed by atoms with Crippen molar-refractivity contribution in [2.45, 2.75) is 4.90 Å². The van der Waals surface area contributed by atoms with E-state index in [1.54, 1.807) is 30.6 Å². The molecule has 3 rings (SSSR count). The van der Waals surface area contributed by atoms with E-state index in [-0.39, 0.29) is 4.90 Å². The molecule has 6 nitrogen and oxygen atoms in total. The number of aromatic amines is 1. The van der Waals surface area contributed by atoms with Crippen LogP contribution in [0.25, 0.3) is 10.8 Å². The van der Waals surface area contributed by atoms with Crippen molar-refractivity contribution in [1.29, 1.82) is 0 Å². The summed E-state index contributed by atoms with van der Waals surface area (Å²) in [5.41, 5.74) is 0.394. The molecule has 7 heteroatoms. The molecule has 19 heavy (non-hydrogen) atoms. The second-order valence-corrected chi connectivity index (χ2v) is 5.60. The standard InChI is InChI=1S/C12H10N4O2S/c17-19(18,16-10-7-14-15-8-10)12-3-1-2-9-6-13-5-4-11(9)12/h1-8,16H,(H,14,15). The molecule has 2 N–H and O–H groups in total. The zero-order chi connectivity index (χ0) is 13.3. The Kier molecular flexibility index (Phi) is 2.68. The molecular formula is C12H10N4O2S. The first-order valence-electron chi connectivity index (χ1n) is 5.51. The molecule has 0 fully saturated rings. The van der Waals surface area contributed by atoms with Gasteiger partial charge in [-0.05, 0) is 12.1 Å². The average Bonchev–Trinajstić information content (AvgIpc) is 2.90. The van der Waals surface area contributed by atoms with Gasteiger partial charge in [-0.1, -0.05) is 12.1 Å². The van der Waals surface area contributed by atoms with E-state index in [1.807, 2.05) is 6.07 Å². The Morgan fingerprint density at radius 2 is 2.05 bits per heavy atom. The fraction of sp³-hybridized carbons (Fsp3) is 0. The van der Waals surface area contributed by atoms with Crippen LogP contribution in [0.15, 0.2) is 53.9 Å². The number of sulfonamides is 1. The van der Waals surface area contributed by atoms with Crippen molar-refractivity contribution >= 4 is 26.5 Å². The van der Waals surface area contributed by atoms with Gasteiger partial charge >= 0.3 is 0 Å². The largest absolute Gasteiger partial charge is 0.284 e. The summed E-state index contributed by atoms with van der Waals surface area (Å²) >= 11 is 0.